The molecule has 1 rings (SSSR count). The van der Waals surface area contributed by atoms with E-state index in [1.54, 1.807) is 6.20 Å². The third-order valence-electron chi connectivity index (χ3n) is 1.61. The molecule has 0 spiro atoms. The fourth-order valence-corrected chi connectivity index (χ4v) is 1.18. The summed E-state index contributed by atoms with van der Waals surface area (Å²) >= 11 is 5.71. The maximum absolute atomic E-state index is 5.71. The number of rotatable bonds is 3. The van der Waals surface area contributed by atoms with Crippen molar-refractivity contribution in [2.24, 2.45) is 0 Å². The molecule has 0 aliphatic heterocycles. The minimum absolute atomic E-state index is 0.596. The van der Waals surface area contributed by atoms with Crippen LogP contribution in [0, 0.1) is 0 Å². The van der Waals surface area contributed by atoms with Gasteiger partial charge in [-0.15, -0.1) is 0 Å². The molecule has 1 nitrogen and oxygen atoms in total. The van der Waals surface area contributed by atoms with Gasteiger partial charge in [-0.3, -0.25) is 0 Å². The Labute approximate surface area is 72.4 Å². The highest BCUT2D eigenvalue weighted by molar-refractivity contribution is 6.29. The van der Waals surface area contributed by atoms with E-state index in [-0.39, 0.29) is 0 Å². The van der Waals surface area contributed by atoms with Crippen molar-refractivity contribution >= 4 is 11.6 Å². The van der Waals surface area contributed by atoms with E-state index in [0.29, 0.717) is 5.15 Å². The van der Waals surface area contributed by atoms with Gasteiger partial charge in [-0.05, 0) is 30.5 Å². The van der Waals surface area contributed by atoms with Crippen LogP contribution in [-0.2, 0) is 6.42 Å². The summed E-state index contributed by atoms with van der Waals surface area (Å²) in [7, 11) is 0. The van der Waals surface area contributed by atoms with Crippen LogP contribution in [-0.4, -0.2) is 4.98 Å². The van der Waals surface area contributed by atoms with Crippen LogP contribution in [0.2, 0.25) is 5.15 Å². The standard InChI is InChI=1S/C9H12ClN/c1-2-3-4-8-5-6-11-9(10)7-8/h5-7H,2-4H2,1H3. The molecule has 1 aromatic rings. The Balaban J connectivity index is 2.56. The maximum Gasteiger partial charge on any atom is 0.129 e. The lowest BCUT2D eigenvalue weighted by atomic mass is 10.1. The molecular formula is C9H12ClN. The summed E-state index contributed by atoms with van der Waals surface area (Å²) in [5.74, 6) is 0. The predicted molar refractivity (Wildman–Crippen MR) is 47.9 cm³/mol. The average Bonchev–Trinajstić information content (AvgIpc) is 2.01. The van der Waals surface area contributed by atoms with Gasteiger partial charge in [0.15, 0.2) is 0 Å². The summed E-state index contributed by atoms with van der Waals surface area (Å²) in [5.41, 5.74) is 1.28. The van der Waals surface area contributed by atoms with Crippen LogP contribution < -0.4 is 0 Å². The molecule has 0 aliphatic carbocycles. The smallest absolute Gasteiger partial charge is 0.129 e. The first kappa shape index (κ1) is 8.54. The van der Waals surface area contributed by atoms with E-state index >= 15 is 0 Å². The van der Waals surface area contributed by atoms with Crippen LogP contribution >= 0.6 is 11.6 Å². The number of hydrogen-bond donors (Lipinski definition) is 0. The van der Waals surface area contributed by atoms with Gasteiger partial charge in [-0.1, -0.05) is 24.9 Å². The Morgan fingerprint density at radius 1 is 1.55 bits per heavy atom. The molecule has 0 saturated heterocycles. The molecule has 11 heavy (non-hydrogen) atoms. The minimum atomic E-state index is 0.596. The Hall–Kier alpha value is -0.560. The summed E-state index contributed by atoms with van der Waals surface area (Å²) in [6.07, 6.45) is 5.31. The maximum atomic E-state index is 5.71. The molecule has 0 amide bonds. The second kappa shape index (κ2) is 4.35. The zero-order valence-corrected chi connectivity index (χ0v) is 7.43. The van der Waals surface area contributed by atoms with Crippen molar-refractivity contribution < 1.29 is 0 Å². The van der Waals surface area contributed by atoms with Crippen LogP contribution in [0.1, 0.15) is 25.3 Å². The molecule has 0 saturated carbocycles. The molecule has 2 heteroatoms. The van der Waals surface area contributed by atoms with Crippen LogP contribution in [0.5, 0.6) is 0 Å². The van der Waals surface area contributed by atoms with Crippen molar-refractivity contribution in [1.29, 1.82) is 0 Å². The molecule has 0 aromatic carbocycles. The number of hydrogen-bond acceptors (Lipinski definition) is 1. The predicted octanol–water partition coefficient (Wildman–Crippen LogP) is 3.08. The first-order valence-corrected chi connectivity index (χ1v) is 4.31. The first-order chi connectivity index (χ1) is 5.33. The fraction of sp³-hybridized carbons (Fsp3) is 0.444. The van der Waals surface area contributed by atoms with Crippen molar-refractivity contribution in [3.63, 3.8) is 0 Å². The van der Waals surface area contributed by atoms with Gasteiger partial charge in [0.05, 0.1) is 0 Å². The average molecular weight is 170 g/mol. The molecule has 0 unspecified atom stereocenters. The van der Waals surface area contributed by atoms with E-state index in [0.717, 1.165) is 6.42 Å². The molecule has 0 fully saturated rings. The van der Waals surface area contributed by atoms with E-state index in [1.807, 2.05) is 12.1 Å². The molecule has 0 radical (unpaired) electrons. The third-order valence-corrected chi connectivity index (χ3v) is 1.82. The number of halogens is 1. The number of pyridine rings is 1. The van der Waals surface area contributed by atoms with Crippen molar-refractivity contribution in [2.45, 2.75) is 26.2 Å². The molecule has 60 valence electrons. The second-order valence-corrected chi connectivity index (χ2v) is 2.98. The van der Waals surface area contributed by atoms with Crippen molar-refractivity contribution in [2.75, 3.05) is 0 Å². The summed E-state index contributed by atoms with van der Waals surface area (Å²) in [6, 6.07) is 3.94. The molecule has 0 N–H and O–H groups in total. The van der Waals surface area contributed by atoms with E-state index in [1.165, 1.54) is 18.4 Å². The largest absolute Gasteiger partial charge is 0.245 e. The molecular weight excluding hydrogens is 158 g/mol. The lowest BCUT2D eigenvalue weighted by molar-refractivity contribution is 0.794. The monoisotopic (exact) mass is 169 g/mol. The van der Waals surface area contributed by atoms with Gasteiger partial charge in [0.2, 0.25) is 0 Å². The van der Waals surface area contributed by atoms with E-state index in [2.05, 4.69) is 11.9 Å². The van der Waals surface area contributed by atoms with Gasteiger partial charge in [0, 0.05) is 6.20 Å². The van der Waals surface area contributed by atoms with Gasteiger partial charge < -0.3 is 0 Å². The zero-order chi connectivity index (χ0) is 8.10. The van der Waals surface area contributed by atoms with Gasteiger partial charge in [0.25, 0.3) is 0 Å². The van der Waals surface area contributed by atoms with Crippen LogP contribution in [0.3, 0.4) is 0 Å². The lowest BCUT2D eigenvalue weighted by Gasteiger charge is -1.98. The minimum Gasteiger partial charge on any atom is -0.245 e. The normalized spacial score (nSPS) is 10.0. The van der Waals surface area contributed by atoms with Gasteiger partial charge >= 0.3 is 0 Å². The highest BCUT2D eigenvalue weighted by Crippen LogP contribution is 2.09. The zero-order valence-electron chi connectivity index (χ0n) is 6.68. The number of unbranched alkanes of at least 4 members (excludes halogenated alkanes) is 1. The lowest BCUT2D eigenvalue weighted by Crippen LogP contribution is -1.85. The molecule has 0 aliphatic rings. The van der Waals surface area contributed by atoms with Crippen LogP contribution in [0.4, 0.5) is 0 Å². The number of aromatic nitrogens is 1. The Kier molecular flexibility index (Phi) is 3.37. The summed E-state index contributed by atoms with van der Waals surface area (Å²) in [5, 5.41) is 0.596. The second-order valence-electron chi connectivity index (χ2n) is 2.59. The number of nitrogens with zero attached hydrogens (tertiary/aromatic N) is 1. The molecule has 1 heterocycles. The van der Waals surface area contributed by atoms with E-state index in [9.17, 15) is 0 Å². The van der Waals surface area contributed by atoms with Crippen molar-refractivity contribution in [3.05, 3.63) is 29.0 Å². The first-order valence-electron chi connectivity index (χ1n) is 3.93. The Morgan fingerprint density at radius 3 is 3.00 bits per heavy atom. The van der Waals surface area contributed by atoms with Gasteiger partial charge in [-0.25, -0.2) is 4.98 Å². The summed E-state index contributed by atoms with van der Waals surface area (Å²) in [4.78, 5) is 3.91. The fourth-order valence-electron chi connectivity index (χ4n) is 0.979. The molecule has 0 bridgehead atoms. The third kappa shape index (κ3) is 2.89. The summed E-state index contributed by atoms with van der Waals surface area (Å²) in [6.45, 7) is 2.18. The Morgan fingerprint density at radius 2 is 2.36 bits per heavy atom. The van der Waals surface area contributed by atoms with Gasteiger partial charge in [-0.2, -0.15) is 0 Å². The molecule has 0 atom stereocenters. The van der Waals surface area contributed by atoms with E-state index < -0.39 is 0 Å². The number of aryl methyl sites for hydroxylation is 1. The Bertz CT molecular complexity index is 223. The van der Waals surface area contributed by atoms with Crippen LogP contribution in [0.25, 0.3) is 0 Å². The highest BCUT2D eigenvalue weighted by Gasteiger charge is 1.93. The van der Waals surface area contributed by atoms with E-state index in [4.69, 9.17) is 11.6 Å². The summed E-state index contributed by atoms with van der Waals surface area (Å²) < 4.78 is 0. The van der Waals surface area contributed by atoms with Crippen molar-refractivity contribution in [3.8, 4) is 0 Å². The quantitative estimate of drug-likeness (QED) is 0.634. The SMILES string of the molecule is CCCCc1ccnc(Cl)c1. The van der Waals surface area contributed by atoms with Crippen LogP contribution in [0.15, 0.2) is 18.3 Å². The highest BCUT2D eigenvalue weighted by atomic mass is 35.5. The van der Waals surface area contributed by atoms with Gasteiger partial charge in [0.1, 0.15) is 5.15 Å². The molecule has 1 aromatic heterocycles. The van der Waals surface area contributed by atoms with Crippen molar-refractivity contribution in [1.82, 2.24) is 4.98 Å². The topological polar surface area (TPSA) is 12.9 Å².